The minimum Gasteiger partial charge on any atom is -0.375 e. The fraction of sp³-hybridized carbons (Fsp3) is 0.689. The van der Waals surface area contributed by atoms with Gasteiger partial charge in [-0.15, -0.1) is 11.3 Å². The summed E-state index contributed by atoms with van der Waals surface area (Å²) in [6.45, 7) is 18.6. The number of thiazole rings is 1. The van der Waals surface area contributed by atoms with Crippen LogP contribution < -0.4 is 32.3 Å². The lowest BCUT2D eigenvalue weighted by Gasteiger charge is -2.32. The molecular formula is C45H73N7O9S. The van der Waals surface area contributed by atoms with E-state index in [0.29, 0.717) is 37.0 Å². The minimum absolute atomic E-state index is 0.0189. The van der Waals surface area contributed by atoms with Gasteiger partial charge in [-0.05, 0) is 106 Å². The van der Waals surface area contributed by atoms with Gasteiger partial charge in [0.2, 0.25) is 23.6 Å². The van der Waals surface area contributed by atoms with Crippen LogP contribution in [-0.4, -0.2) is 115 Å². The Hall–Kier alpha value is -4.00. The number of nitrogens with one attached hydrogen (secondary N) is 5. The van der Waals surface area contributed by atoms with Crippen LogP contribution in [0.25, 0.3) is 0 Å². The lowest BCUT2D eigenvalue weighted by atomic mass is 9.97. The summed E-state index contributed by atoms with van der Waals surface area (Å²) in [7, 11) is 0. The fourth-order valence-corrected chi connectivity index (χ4v) is 7.98. The Morgan fingerprint density at radius 2 is 1.35 bits per heavy atom. The number of nitrogens with zero attached hydrogens (tertiary/aromatic N) is 1. The Balaban J connectivity index is 1.26. The zero-order chi connectivity index (χ0) is 46.0. The van der Waals surface area contributed by atoms with Crippen LogP contribution in [0.1, 0.15) is 117 Å². The van der Waals surface area contributed by atoms with E-state index >= 15 is 0 Å². The maximum atomic E-state index is 13.1. The van der Waals surface area contributed by atoms with E-state index in [9.17, 15) is 24.0 Å². The number of primary amides is 1. The Morgan fingerprint density at radius 1 is 0.790 bits per heavy atom. The molecule has 0 spiro atoms. The van der Waals surface area contributed by atoms with Gasteiger partial charge < -0.3 is 45.9 Å². The Labute approximate surface area is 372 Å². The molecule has 2 aromatic rings. The second-order valence-electron chi connectivity index (χ2n) is 18.6. The van der Waals surface area contributed by atoms with Gasteiger partial charge in [0.15, 0.2) is 5.13 Å². The highest BCUT2D eigenvalue weighted by atomic mass is 32.1. The van der Waals surface area contributed by atoms with Crippen molar-refractivity contribution in [3.8, 4) is 0 Å². The minimum atomic E-state index is -0.838. The maximum Gasteiger partial charge on any atom is 0.252 e. The largest absolute Gasteiger partial charge is 0.375 e. The van der Waals surface area contributed by atoms with Crippen LogP contribution in [0.5, 0.6) is 0 Å². The van der Waals surface area contributed by atoms with Gasteiger partial charge in [-0.3, -0.25) is 29.3 Å². The summed E-state index contributed by atoms with van der Waals surface area (Å²) in [5.41, 5.74) is 4.70. The highest BCUT2D eigenvalue weighted by Gasteiger charge is 2.31. The van der Waals surface area contributed by atoms with Gasteiger partial charge in [-0.1, -0.05) is 37.3 Å². The van der Waals surface area contributed by atoms with E-state index in [-0.39, 0.29) is 69.5 Å². The van der Waals surface area contributed by atoms with Gasteiger partial charge in [0.25, 0.3) is 5.91 Å². The van der Waals surface area contributed by atoms with Gasteiger partial charge in [-0.25, -0.2) is 4.98 Å². The number of carbonyl (C=O) groups excluding carboxylic acids is 5. The van der Waals surface area contributed by atoms with Crippen LogP contribution >= 0.6 is 11.3 Å². The molecule has 2 atom stereocenters. The molecule has 1 aromatic carbocycles. The number of anilines is 1. The zero-order valence-corrected chi connectivity index (χ0v) is 39.3. The van der Waals surface area contributed by atoms with E-state index in [1.54, 1.807) is 13.8 Å². The molecule has 0 saturated heterocycles. The molecule has 5 amide bonds. The number of rotatable bonds is 29. The predicted molar refractivity (Wildman–Crippen MR) is 241 cm³/mol. The average molecular weight is 888 g/mol. The number of aryl methyl sites for hydroxylation is 1. The zero-order valence-electron chi connectivity index (χ0n) is 38.5. The Bertz CT molecular complexity index is 1750. The first-order valence-electron chi connectivity index (χ1n) is 21.8. The average Bonchev–Trinajstić information content (AvgIpc) is 3.55. The molecule has 62 heavy (non-hydrogen) atoms. The highest BCUT2D eigenvalue weighted by Crippen LogP contribution is 2.30. The Morgan fingerprint density at radius 3 is 1.94 bits per heavy atom. The summed E-state index contributed by atoms with van der Waals surface area (Å²) in [5.74, 6) is -1.72. The summed E-state index contributed by atoms with van der Waals surface area (Å²) >= 11 is 1.52. The molecule has 0 bridgehead atoms. The monoisotopic (exact) mass is 888 g/mol. The Kier molecular flexibility index (Phi) is 20.9. The van der Waals surface area contributed by atoms with Crippen LogP contribution in [0.15, 0.2) is 30.3 Å². The SMILES string of the molecule is CCCN[C@H]1CCc2nc(NC(=O)COCCOCC(=O)NC(C)(C)CCOC(C)(C)CC(=O)NC(C)(C)CCOC(C)(C)CC(=O)N[C@@H](Cc3ccccc3)C(N)=O)sc2C1. The van der Waals surface area contributed by atoms with Crippen LogP contribution in [0.4, 0.5) is 5.13 Å². The van der Waals surface area contributed by atoms with Crippen molar-refractivity contribution in [2.45, 2.75) is 154 Å². The number of nitrogens with two attached hydrogens (primary N) is 1. The van der Waals surface area contributed by atoms with E-state index in [4.69, 9.17) is 24.7 Å². The third-order valence-electron chi connectivity index (χ3n) is 10.2. The smallest absolute Gasteiger partial charge is 0.252 e. The molecule has 0 saturated carbocycles. The molecular weight excluding hydrogens is 815 g/mol. The van der Waals surface area contributed by atoms with Crippen molar-refractivity contribution in [3.05, 3.63) is 46.5 Å². The quantitative estimate of drug-likeness (QED) is 0.0638. The van der Waals surface area contributed by atoms with E-state index < -0.39 is 34.2 Å². The van der Waals surface area contributed by atoms with Gasteiger partial charge >= 0.3 is 0 Å². The number of hydrogen-bond donors (Lipinski definition) is 6. The summed E-state index contributed by atoms with van der Waals surface area (Å²) < 4.78 is 23.1. The molecule has 0 unspecified atom stereocenters. The topological polar surface area (TPSA) is 221 Å². The number of aromatic nitrogens is 1. The molecule has 7 N–H and O–H groups in total. The van der Waals surface area contributed by atoms with Crippen molar-refractivity contribution >= 4 is 46.0 Å². The molecule has 0 radical (unpaired) electrons. The number of amides is 5. The van der Waals surface area contributed by atoms with Crippen molar-refractivity contribution in [1.82, 2.24) is 26.3 Å². The standard InChI is InChI=1S/C45H73N7O9S/c1-10-20-47-32-16-17-33-35(26-32)62-41(49-33)50-38(55)29-58-23-24-59-30-39(56)52-43(4,5)19-22-61-45(8,9)28-37(54)51-42(2,3)18-21-60-44(6,7)27-36(53)48-34(40(46)57)25-31-14-12-11-13-15-31/h11-15,32,34,47H,10,16-30H2,1-9H3,(H2,46,57)(H,48,53)(H,51,54)(H,52,56)(H,49,50,55)/t32-,34-/m0/s1. The molecule has 348 valence electrons. The number of hydrogen-bond acceptors (Lipinski definition) is 12. The molecule has 1 aliphatic carbocycles. The van der Waals surface area contributed by atoms with Crippen molar-refractivity contribution in [1.29, 1.82) is 0 Å². The van der Waals surface area contributed by atoms with E-state index in [0.717, 1.165) is 43.5 Å². The van der Waals surface area contributed by atoms with E-state index in [1.807, 2.05) is 71.9 Å². The summed E-state index contributed by atoms with van der Waals surface area (Å²) in [6.07, 6.45) is 5.38. The summed E-state index contributed by atoms with van der Waals surface area (Å²) in [6, 6.07) is 8.95. The van der Waals surface area contributed by atoms with Crippen LogP contribution in [0, 0.1) is 0 Å². The van der Waals surface area contributed by atoms with Crippen LogP contribution in [0.3, 0.4) is 0 Å². The molecule has 1 aliphatic rings. The van der Waals surface area contributed by atoms with Gasteiger partial charge in [0.05, 0.1) is 43.0 Å². The number of fused-ring (bicyclic) bond motifs is 1. The first kappa shape index (κ1) is 52.3. The third-order valence-corrected chi connectivity index (χ3v) is 11.3. The normalized spacial score (nSPS) is 15.0. The van der Waals surface area contributed by atoms with Gasteiger partial charge in [-0.2, -0.15) is 0 Å². The second-order valence-corrected chi connectivity index (χ2v) is 19.7. The number of ether oxygens (including phenoxy) is 4. The fourth-order valence-electron chi connectivity index (χ4n) is 6.87. The van der Waals surface area contributed by atoms with Crippen LogP contribution in [0.2, 0.25) is 0 Å². The summed E-state index contributed by atoms with van der Waals surface area (Å²) in [5, 5.41) is 15.7. The van der Waals surface area contributed by atoms with Crippen molar-refractivity contribution < 1.29 is 42.9 Å². The van der Waals surface area contributed by atoms with Gasteiger partial charge in [0, 0.05) is 41.6 Å². The second kappa shape index (κ2) is 24.7. The molecule has 3 rings (SSSR count). The predicted octanol–water partition coefficient (Wildman–Crippen LogP) is 4.12. The van der Waals surface area contributed by atoms with E-state index in [1.165, 1.54) is 16.2 Å². The molecule has 0 aliphatic heterocycles. The summed E-state index contributed by atoms with van der Waals surface area (Å²) in [4.78, 5) is 68.8. The first-order chi connectivity index (χ1) is 29.1. The molecule has 1 heterocycles. The van der Waals surface area contributed by atoms with Crippen LogP contribution in [-0.2, 0) is 62.2 Å². The number of carbonyl (C=O) groups is 5. The maximum absolute atomic E-state index is 13.1. The highest BCUT2D eigenvalue weighted by molar-refractivity contribution is 7.15. The third kappa shape index (κ3) is 20.9. The lowest BCUT2D eigenvalue weighted by molar-refractivity contribution is -0.132. The molecule has 17 heteroatoms. The van der Waals surface area contributed by atoms with Crippen molar-refractivity contribution in [2.24, 2.45) is 5.73 Å². The molecule has 0 fully saturated rings. The number of benzene rings is 1. The molecule has 16 nitrogen and oxygen atoms in total. The van der Waals surface area contributed by atoms with Crippen molar-refractivity contribution in [2.75, 3.05) is 51.5 Å². The first-order valence-corrected chi connectivity index (χ1v) is 22.6. The van der Waals surface area contributed by atoms with Crippen molar-refractivity contribution in [3.63, 3.8) is 0 Å². The lowest BCUT2D eigenvalue weighted by Crippen LogP contribution is -2.48. The van der Waals surface area contributed by atoms with E-state index in [2.05, 4.69) is 38.5 Å². The van der Waals surface area contributed by atoms with Gasteiger partial charge in [0.1, 0.15) is 19.3 Å². The molecule has 1 aromatic heterocycles.